The van der Waals surface area contributed by atoms with Crippen molar-refractivity contribution < 1.29 is 45.7 Å². The summed E-state index contributed by atoms with van der Waals surface area (Å²) in [6.07, 6.45) is 2.33. The first-order valence-electron chi connectivity index (χ1n) is 14.7. The maximum atomic E-state index is 13.0. The van der Waals surface area contributed by atoms with Crippen molar-refractivity contribution in [3.8, 4) is 11.5 Å². The maximum Gasteiger partial charge on any atom is 0.295 e. The number of hydrogen-bond acceptors (Lipinski definition) is 8. The first kappa shape index (κ1) is 37.2. The summed E-state index contributed by atoms with van der Waals surface area (Å²) in [6.45, 7) is 0. The Balaban J connectivity index is 0.00000504. The van der Waals surface area contributed by atoms with Gasteiger partial charge >= 0.3 is 0 Å². The van der Waals surface area contributed by atoms with Gasteiger partial charge in [-0.3, -0.25) is 18.7 Å². The summed E-state index contributed by atoms with van der Waals surface area (Å²) in [4.78, 5) is 24.7. The number of nitrogens with one attached hydrogen (secondary N) is 2. The van der Waals surface area contributed by atoms with Crippen LogP contribution in [0.3, 0.4) is 0 Å². The molecule has 0 bridgehead atoms. The van der Waals surface area contributed by atoms with Crippen molar-refractivity contribution in [3.05, 3.63) is 131 Å². The first-order chi connectivity index (χ1) is 23.7. The number of carbonyl (C=O) groups is 2. The molecule has 2 amide bonds. The van der Waals surface area contributed by atoms with Gasteiger partial charge in [0.25, 0.3) is 32.1 Å². The second-order valence-corrected chi connectivity index (χ2v) is 13.8. The normalized spacial score (nSPS) is 11.7. The molecule has 0 unspecified atom stereocenters. The van der Waals surface area contributed by atoms with Crippen LogP contribution in [-0.4, -0.2) is 77.5 Å². The molecule has 253 valence electrons. The summed E-state index contributed by atoms with van der Waals surface area (Å²) in [5, 5.41) is 28.5. The van der Waals surface area contributed by atoms with E-state index in [0.717, 1.165) is 12.1 Å². The average Bonchev–Trinajstić information content (AvgIpc) is 3.07. The fraction of sp³-hybridized carbons (Fsp3) is 0. The van der Waals surface area contributed by atoms with Crippen molar-refractivity contribution in [2.45, 2.75) is 9.79 Å². The molecule has 0 aliphatic rings. The van der Waals surface area contributed by atoms with Gasteiger partial charge in [-0.05, 0) is 58.3 Å². The largest absolute Gasteiger partial charge is 0.506 e. The second-order valence-electron chi connectivity index (χ2n) is 11.1. The zero-order valence-electron chi connectivity index (χ0n) is 26.6. The van der Waals surface area contributed by atoms with Crippen LogP contribution in [0.2, 0.25) is 0 Å². The number of anilines is 2. The van der Waals surface area contributed by atoms with E-state index in [9.17, 15) is 45.7 Å². The topological polar surface area (TPSA) is 207 Å². The predicted molar refractivity (Wildman–Crippen MR) is 194 cm³/mol. The molecule has 0 atom stereocenters. The zero-order chi connectivity index (χ0) is 35.8. The van der Waals surface area contributed by atoms with E-state index in [1.54, 1.807) is 60.7 Å². The summed E-state index contributed by atoms with van der Waals surface area (Å²) in [7, 11) is -9.78. The molecular formula is C36H26N2NaO10S2. The number of amides is 2. The molecule has 0 aliphatic heterocycles. The maximum absolute atomic E-state index is 13.0. The molecule has 15 heteroatoms. The Bertz CT molecular complexity index is 2440. The van der Waals surface area contributed by atoms with Crippen molar-refractivity contribution in [2.75, 3.05) is 10.6 Å². The molecule has 51 heavy (non-hydrogen) atoms. The van der Waals surface area contributed by atoms with Gasteiger partial charge in [-0.1, -0.05) is 84.9 Å². The number of benzene rings is 6. The minimum atomic E-state index is -4.89. The second kappa shape index (κ2) is 14.7. The number of phenols is 2. The minimum absolute atomic E-state index is 0. The fourth-order valence-electron chi connectivity index (χ4n) is 5.40. The average molecular weight is 734 g/mol. The van der Waals surface area contributed by atoms with Gasteiger partial charge in [-0.25, -0.2) is 0 Å². The van der Waals surface area contributed by atoms with Gasteiger partial charge in [-0.15, -0.1) is 0 Å². The van der Waals surface area contributed by atoms with Gasteiger partial charge in [-0.2, -0.15) is 16.8 Å². The predicted octanol–water partition coefficient (Wildman–Crippen LogP) is 6.19. The van der Waals surface area contributed by atoms with Gasteiger partial charge in [0.05, 0.1) is 11.1 Å². The van der Waals surface area contributed by atoms with E-state index in [2.05, 4.69) is 10.6 Å². The van der Waals surface area contributed by atoms with E-state index in [1.807, 2.05) is 0 Å². The molecule has 6 N–H and O–H groups in total. The molecule has 12 nitrogen and oxygen atoms in total. The number of carbonyl (C=O) groups excluding carboxylic acids is 2. The van der Waals surface area contributed by atoms with E-state index >= 15 is 0 Å². The van der Waals surface area contributed by atoms with Crippen molar-refractivity contribution in [2.24, 2.45) is 0 Å². The smallest absolute Gasteiger partial charge is 0.295 e. The summed E-state index contributed by atoms with van der Waals surface area (Å²) >= 11 is 0. The Labute approximate surface area is 313 Å². The third-order valence-corrected chi connectivity index (χ3v) is 9.65. The summed E-state index contributed by atoms with van der Waals surface area (Å²) in [5.74, 6) is -2.05. The monoisotopic (exact) mass is 733 g/mol. The van der Waals surface area contributed by atoms with Crippen molar-refractivity contribution in [1.29, 1.82) is 0 Å². The van der Waals surface area contributed by atoms with Crippen LogP contribution < -0.4 is 10.6 Å². The Hall–Kier alpha value is -5.06. The molecule has 0 aliphatic carbocycles. The molecule has 0 saturated carbocycles. The quantitative estimate of drug-likeness (QED) is 0.0594. The summed E-state index contributed by atoms with van der Waals surface area (Å²) in [6, 6.07) is 26.9. The van der Waals surface area contributed by atoms with Gasteiger partial charge in [0.2, 0.25) is 0 Å². The third-order valence-electron chi connectivity index (χ3n) is 7.83. The minimum Gasteiger partial charge on any atom is -0.506 e. The van der Waals surface area contributed by atoms with Crippen LogP contribution in [0.4, 0.5) is 11.4 Å². The molecule has 0 heterocycles. The third kappa shape index (κ3) is 7.97. The number of hydrogen-bond donors (Lipinski definition) is 6. The standard InChI is InChI=1S/C36H26N2O10S2.Na/c39-33-27-7-3-1-5-21(27)13-17-29(33)35(41)37-25-15-11-23(31(19-25)49(43,44)45)9-10-24-12-16-26(20-32(24)50(46,47)48)38-36(42)30-18-14-22-6-2-4-8-28(22)34(30)40;/h1-20,39-40H,(H,37,41)(H,38,42)(H,43,44,45)(H,46,47,48);. The van der Waals surface area contributed by atoms with Crippen LogP contribution in [0.5, 0.6) is 11.5 Å². The number of aromatic hydroxyl groups is 2. The molecule has 6 rings (SSSR count). The van der Waals surface area contributed by atoms with Crippen molar-refractivity contribution >= 4 is 107 Å². The van der Waals surface area contributed by atoms with Crippen LogP contribution in [0.1, 0.15) is 31.8 Å². The Morgan fingerprint density at radius 1 is 0.529 bits per heavy atom. The van der Waals surface area contributed by atoms with E-state index in [4.69, 9.17) is 0 Å². The Kier molecular flexibility index (Phi) is 10.7. The van der Waals surface area contributed by atoms with Crippen molar-refractivity contribution in [1.82, 2.24) is 0 Å². The molecule has 0 fully saturated rings. The molecule has 6 aromatic carbocycles. The van der Waals surface area contributed by atoms with Gasteiger partial charge in [0, 0.05) is 51.7 Å². The molecule has 0 saturated heterocycles. The molecule has 1 radical (unpaired) electrons. The van der Waals surface area contributed by atoms with E-state index < -0.39 is 41.8 Å². The van der Waals surface area contributed by atoms with Gasteiger partial charge < -0.3 is 20.8 Å². The number of phenolic OH excluding ortho intramolecular Hbond substituents is 2. The molecule has 6 aromatic rings. The van der Waals surface area contributed by atoms with Crippen LogP contribution in [0.15, 0.2) is 119 Å². The van der Waals surface area contributed by atoms with E-state index in [0.29, 0.717) is 21.5 Å². The van der Waals surface area contributed by atoms with Crippen molar-refractivity contribution in [3.63, 3.8) is 0 Å². The van der Waals surface area contributed by atoms with Crippen LogP contribution >= 0.6 is 0 Å². The fourth-order valence-corrected chi connectivity index (χ4v) is 6.82. The zero-order valence-corrected chi connectivity index (χ0v) is 30.2. The van der Waals surface area contributed by atoms with E-state index in [1.165, 1.54) is 48.6 Å². The number of fused-ring (bicyclic) bond motifs is 2. The summed E-state index contributed by atoms with van der Waals surface area (Å²) in [5.41, 5.74) is -0.443. The first-order valence-corrected chi connectivity index (χ1v) is 17.5. The van der Waals surface area contributed by atoms with Gasteiger partial charge in [0.15, 0.2) is 0 Å². The van der Waals surface area contributed by atoms with Crippen LogP contribution in [-0.2, 0) is 20.2 Å². The number of rotatable bonds is 8. The summed E-state index contributed by atoms with van der Waals surface area (Å²) < 4.78 is 69.3. The Morgan fingerprint density at radius 3 is 1.27 bits per heavy atom. The molecule has 0 aromatic heterocycles. The molecule has 0 spiro atoms. The molecular weight excluding hydrogens is 708 g/mol. The Morgan fingerprint density at radius 2 is 0.902 bits per heavy atom. The van der Waals surface area contributed by atoms with Crippen LogP contribution in [0, 0.1) is 0 Å². The van der Waals surface area contributed by atoms with Gasteiger partial charge in [0.1, 0.15) is 21.3 Å². The van der Waals surface area contributed by atoms with Crippen LogP contribution in [0.25, 0.3) is 33.7 Å². The SMILES string of the molecule is O=C(Nc1ccc(C=Cc2ccc(NC(=O)c3ccc4ccccc4c3O)cc2S(=O)(=O)O)c(S(=O)(=O)O)c1)c1ccc2ccccc2c1O.[Na]. The van der Waals surface area contributed by atoms with E-state index in [-0.39, 0.29) is 74.7 Å².